The van der Waals surface area contributed by atoms with E-state index in [0.29, 0.717) is 31.9 Å². The number of piperidine rings is 1. The van der Waals surface area contributed by atoms with Crippen LogP contribution in [0.3, 0.4) is 0 Å². The molecule has 2 saturated heterocycles. The summed E-state index contributed by atoms with van der Waals surface area (Å²) >= 11 is 0. The van der Waals surface area contributed by atoms with Gasteiger partial charge >= 0.3 is 0 Å². The Hall–Kier alpha value is -2.34. The zero-order chi connectivity index (χ0) is 18.3. The van der Waals surface area contributed by atoms with Gasteiger partial charge in [-0.15, -0.1) is 0 Å². The summed E-state index contributed by atoms with van der Waals surface area (Å²) in [5, 5.41) is 0.981. The number of fused-ring (bicyclic) bond motifs is 1. The molecular formula is C20H24N2O4. The summed E-state index contributed by atoms with van der Waals surface area (Å²) in [4.78, 5) is 26.4. The maximum absolute atomic E-state index is 12.9. The molecule has 0 bridgehead atoms. The normalized spacial score (nSPS) is 24.3. The topological polar surface area (TPSA) is 85.8 Å². The Balaban J connectivity index is 1.45. The number of hydrogen-bond acceptors (Lipinski definition) is 4. The number of amides is 2. The van der Waals surface area contributed by atoms with E-state index in [1.807, 2.05) is 36.1 Å². The van der Waals surface area contributed by atoms with Crippen LogP contribution >= 0.6 is 0 Å². The molecule has 2 atom stereocenters. The van der Waals surface area contributed by atoms with Crippen molar-refractivity contribution in [1.29, 1.82) is 0 Å². The van der Waals surface area contributed by atoms with E-state index in [-0.39, 0.29) is 29.8 Å². The van der Waals surface area contributed by atoms with E-state index in [0.717, 1.165) is 29.4 Å². The van der Waals surface area contributed by atoms with Crippen LogP contribution < -0.4 is 5.73 Å². The fourth-order valence-corrected chi connectivity index (χ4v) is 4.33. The first-order valence-corrected chi connectivity index (χ1v) is 9.24. The molecule has 6 heteroatoms. The molecule has 3 heterocycles. The smallest absolute Gasteiger partial charge is 0.289 e. The van der Waals surface area contributed by atoms with Gasteiger partial charge in [0.15, 0.2) is 5.76 Å². The molecule has 0 saturated carbocycles. The van der Waals surface area contributed by atoms with Gasteiger partial charge in [-0.05, 0) is 38.2 Å². The summed E-state index contributed by atoms with van der Waals surface area (Å²) in [5.41, 5.74) is 7.14. The van der Waals surface area contributed by atoms with Crippen molar-refractivity contribution in [3.05, 3.63) is 35.6 Å². The van der Waals surface area contributed by atoms with Gasteiger partial charge in [-0.3, -0.25) is 9.59 Å². The zero-order valence-corrected chi connectivity index (χ0v) is 14.9. The third kappa shape index (κ3) is 2.88. The van der Waals surface area contributed by atoms with Gasteiger partial charge in [-0.1, -0.05) is 18.2 Å². The van der Waals surface area contributed by atoms with Gasteiger partial charge in [0.1, 0.15) is 5.58 Å². The highest BCUT2D eigenvalue weighted by Gasteiger charge is 2.40. The van der Waals surface area contributed by atoms with Gasteiger partial charge in [0.25, 0.3) is 5.91 Å². The summed E-state index contributed by atoms with van der Waals surface area (Å²) in [6, 6.07) is 7.70. The Morgan fingerprint density at radius 3 is 2.58 bits per heavy atom. The van der Waals surface area contributed by atoms with Crippen LogP contribution in [0.2, 0.25) is 0 Å². The Morgan fingerprint density at radius 2 is 1.88 bits per heavy atom. The summed E-state index contributed by atoms with van der Waals surface area (Å²) in [7, 11) is 0. The molecule has 2 N–H and O–H groups in total. The monoisotopic (exact) mass is 356 g/mol. The van der Waals surface area contributed by atoms with Crippen molar-refractivity contribution in [3.8, 4) is 0 Å². The molecule has 0 unspecified atom stereocenters. The minimum Gasteiger partial charge on any atom is -0.451 e. The number of para-hydroxylation sites is 1. The molecule has 2 aliphatic heterocycles. The summed E-state index contributed by atoms with van der Waals surface area (Å²) in [5.74, 6) is 0.173. The van der Waals surface area contributed by atoms with Crippen LogP contribution in [0.5, 0.6) is 0 Å². The van der Waals surface area contributed by atoms with Crippen LogP contribution in [-0.2, 0) is 9.53 Å². The Kier molecular flexibility index (Phi) is 4.44. The largest absolute Gasteiger partial charge is 0.451 e. The Morgan fingerprint density at radius 1 is 1.15 bits per heavy atom. The van der Waals surface area contributed by atoms with Crippen molar-refractivity contribution in [1.82, 2.24) is 4.90 Å². The maximum Gasteiger partial charge on any atom is 0.289 e. The minimum atomic E-state index is -0.274. The van der Waals surface area contributed by atoms with Crippen molar-refractivity contribution in [2.24, 2.45) is 17.6 Å². The first-order valence-electron chi connectivity index (χ1n) is 9.24. The number of nitrogens with zero attached hydrogens (tertiary/aromatic N) is 1. The molecule has 4 rings (SSSR count). The number of rotatable bonds is 3. The van der Waals surface area contributed by atoms with Crippen LogP contribution in [0, 0.1) is 18.8 Å². The van der Waals surface area contributed by atoms with E-state index in [9.17, 15) is 9.59 Å². The van der Waals surface area contributed by atoms with Crippen LogP contribution in [0.1, 0.15) is 35.4 Å². The van der Waals surface area contributed by atoms with Crippen LogP contribution in [0.4, 0.5) is 0 Å². The average molecular weight is 356 g/mol. The number of aryl methyl sites for hydroxylation is 1. The minimum absolute atomic E-state index is 0.0593. The van der Waals surface area contributed by atoms with E-state index in [2.05, 4.69) is 0 Å². The first-order chi connectivity index (χ1) is 12.6. The fourth-order valence-electron chi connectivity index (χ4n) is 4.33. The lowest BCUT2D eigenvalue weighted by atomic mass is 9.84. The molecule has 26 heavy (non-hydrogen) atoms. The van der Waals surface area contributed by atoms with Crippen molar-refractivity contribution in [2.45, 2.75) is 32.3 Å². The molecule has 2 aliphatic rings. The highest BCUT2D eigenvalue weighted by atomic mass is 16.5. The average Bonchev–Trinajstić information content (AvgIpc) is 3.27. The van der Waals surface area contributed by atoms with Gasteiger partial charge in [-0.25, -0.2) is 0 Å². The van der Waals surface area contributed by atoms with Crippen molar-refractivity contribution < 1.29 is 18.7 Å². The number of carbonyl (C=O) groups excluding carboxylic acids is 2. The third-order valence-electron chi connectivity index (χ3n) is 5.83. The molecule has 2 fully saturated rings. The van der Waals surface area contributed by atoms with Crippen molar-refractivity contribution >= 4 is 22.8 Å². The third-order valence-corrected chi connectivity index (χ3v) is 5.83. The second-order valence-corrected chi connectivity index (χ2v) is 7.31. The molecule has 0 aliphatic carbocycles. The molecule has 2 aromatic rings. The van der Waals surface area contributed by atoms with Gasteiger partial charge in [-0.2, -0.15) is 0 Å². The first kappa shape index (κ1) is 17.1. The number of carbonyl (C=O) groups is 2. The van der Waals surface area contributed by atoms with E-state index >= 15 is 0 Å². The predicted molar refractivity (Wildman–Crippen MR) is 96.6 cm³/mol. The number of hydrogen-bond donors (Lipinski definition) is 1. The predicted octanol–water partition coefficient (Wildman–Crippen LogP) is 2.48. The quantitative estimate of drug-likeness (QED) is 0.915. The molecule has 0 spiro atoms. The summed E-state index contributed by atoms with van der Waals surface area (Å²) in [6.45, 7) is 3.81. The number of primary amides is 1. The molecule has 138 valence electrons. The van der Waals surface area contributed by atoms with Crippen molar-refractivity contribution in [2.75, 3.05) is 19.7 Å². The molecule has 2 amide bonds. The van der Waals surface area contributed by atoms with Crippen LogP contribution in [0.25, 0.3) is 11.0 Å². The zero-order valence-electron chi connectivity index (χ0n) is 14.9. The number of furan rings is 1. The fraction of sp³-hybridized carbons (Fsp3) is 0.500. The highest BCUT2D eigenvalue weighted by molar-refractivity contribution is 5.98. The van der Waals surface area contributed by atoms with E-state index in [1.54, 1.807) is 0 Å². The van der Waals surface area contributed by atoms with E-state index in [4.69, 9.17) is 14.9 Å². The van der Waals surface area contributed by atoms with Crippen LogP contribution in [0.15, 0.2) is 28.7 Å². The highest BCUT2D eigenvalue weighted by Crippen LogP contribution is 2.34. The van der Waals surface area contributed by atoms with Crippen molar-refractivity contribution in [3.63, 3.8) is 0 Å². The lowest BCUT2D eigenvalue weighted by molar-refractivity contribution is -0.124. The number of nitrogens with two attached hydrogens (primary N) is 1. The SMILES string of the molecule is Cc1c(C(=O)N2CCC([C@H]3OCC[C@@H]3C(N)=O)CC2)oc2ccccc12. The van der Waals surface area contributed by atoms with Gasteiger partial charge in [0.05, 0.1) is 12.0 Å². The number of likely N-dealkylation sites (tertiary alicyclic amines) is 1. The van der Waals surface area contributed by atoms with Crippen LogP contribution in [-0.4, -0.2) is 42.5 Å². The number of benzene rings is 1. The molecule has 1 aromatic carbocycles. The Bertz CT molecular complexity index is 835. The second kappa shape index (κ2) is 6.76. The molecule has 1 aromatic heterocycles. The molecule has 6 nitrogen and oxygen atoms in total. The lowest BCUT2D eigenvalue weighted by Crippen LogP contribution is -2.44. The maximum atomic E-state index is 12.9. The van der Waals surface area contributed by atoms with E-state index < -0.39 is 0 Å². The summed E-state index contributed by atoms with van der Waals surface area (Å²) in [6.07, 6.45) is 2.24. The van der Waals surface area contributed by atoms with E-state index in [1.165, 1.54) is 0 Å². The molecule has 0 radical (unpaired) electrons. The van der Waals surface area contributed by atoms with Gasteiger partial charge in [0.2, 0.25) is 5.91 Å². The number of ether oxygens (including phenoxy) is 1. The van der Waals surface area contributed by atoms with Gasteiger partial charge in [0, 0.05) is 30.6 Å². The second-order valence-electron chi connectivity index (χ2n) is 7.31. The summed E-state index contributed by atoms with van der Waals surface area (Å²) < 4.78 is 11.6. The Labute approximate surface area is 152 Å². The lowest BCUT2D eigenvalue weighted by Gasteiger charge is -2.35. The molecular weight excluding hydrogens is 332 g/mol. The van der Waals surface area contributed by atoms with Gasteiger partial charge < -0.3 is 19.8 Å². The standard InChI is InChI=1S/C20H24N2O4/c1-12-14-4-2-3-5-16(14)26-17(12)20(24)22-9-6-13(7-10-22)18-15(19(21)23)8-11-25-18/h2-5,13,15,18H,6-11H2,1H3,(H2,21,23)/t15-,18+/m0/s1.